The number of hydrogen-bond donors (Lipinski definition) is 0. The summed E-state index contributed by atoms with van der Waals surface area (Å²) in [5.74, 6) is 0. The van der Waals surface area contributed by atoms with Gasteiger partial charge in [0.25, 0.3) is 6.71 Å². The Labute approximate surface area is 435 Å². The van der Waals surface area contributed by atoms with Crippen molar-refractivity contribution >= 4 is 78.0 Å². The van der Waals surface area contributed by atoms with E-state index in [1.54, 1.807) is 0 Å². The highest BCUT2D eigenvalue weighted by molar-refractivity contribution is 7.33. The first-order chi connectivity index (χ1) is 35.1. The fourth-order valence-electron chi connectivity index (χ4n) is 13.5. The molecule has 2 aliphatic carbocycles. The molecule has 0 atom stereocenters. The summed E-state index contributed by atoms with van der Waals surface area (Å²) in [5, 5.41) is 1.31. The summed E-state index contributed by atoms with van der Waals surface area (Å²) in [7, 11) is 0. The number of hydrogen-bond acceptors (Lipinski definition) is 3. The minimum Gasteiger partial charge on any atom is -0.311 e. The van der Waals surface area contributed by atoms with Crippen molar-refractivity contribution in [1.82, 2.24) is 0 Å². The van der Waals surface area contributed by atoms with Gasteiger partial charge in [0.1, 0.15) is 0 Å². The molecule has 1 aromatic heterocycles. The third-order valence-corrected chi connectivity index (χ3v) is 17.9. The van der Waals surface area contributed by atoms with Crippen LogP contribution >= 0.6 is 11.3 Å². The number of fused-ring (bicyclic) bond motifs is 16. The molecule has 2 aliphatic heterocycles. The SMILES string of the molecule is CC(C)(C)c1cc2c3c(c1)N(c1ccccc1)c1c(sc4cc5c(cc14)-c1ccccc1C51c4ccccc4-c4ccccc41)B3c1ccc(-c3c(C(C)(C)C)cccc3C(C)(C)C)cc1N2c1ccccc1. The molecule has 354 valence electrons. The van der Waals surface area contributed by atoms with Gasteiger partial charge in [0.05, 0.1) is 11.1 Å². The van der Waals surface area contributed by atoms with E-state index in [9.17, 15) is 0 Å². The molecular formula is C69H59BN2S. The summed E-state index contributed by atoms with van der Waals surface area (Å²) in [5.41, 5.74) is 26.9. The highest BCUT2D eigenvalue weighted by atomic mass is 32.1. The highest BCUT2D eigenvalue weighted by Crippen LogP contribution is 2.64. The minimum atomic E-state index is -0.423. The van der Waals surface area contributed by atoms with E-state index in [2.05, 4.69) is 266 Å². The zero-order valence-corrected chi connectivity index (χ0v) is 44.2. The van der Waals surface area contributed by atoms with Crippen LogP contribution < -0.4 is 25.5 Å². The van der Waals surface area contributed by atoms with Crippen molar-refractivity contribution in [3.8, 4) is 33.4 Å². The van der Waals surface area contributed by atoms with Gasteiger partial charge in [-0.25, -0.2) is 0 Å². The van der Waals surface area contributed by atoms with Gasteiger partial charge in [0, 0.05) is 43.3 Å². The van der Waals surface area contributed by atoms with E-state index in [-0.39, 0.29) is 23.0 Å². The van der Waals surface area contributed by atoms with Gasteiger partial charge in [-0.3, -0.25) is 0 Å². The fourth-order valence-corrected chi connectivity index (χ4v) is 14.8. The van der Waals surface area contributed by atoms with E-state index in [4.69, 9.17) is 0 Å². The maximum Gasteiger partial charge on any atom is 0.264 e. The van der Waals surface area contributed by atoms with Crippen LogP contribution in [-0.4, -0.2) is 6.71 Å². The molecule has 0 fully saturated rings. The third-order valence-electron chi connectivity index (χ3n) is 16.6. The molecule has 1 spiro atoms. The van der Waals surface area contributed by atoms with E-state index in [1.807, 2.05) is 11.3 Å². The topological polar surface area (TPSA) is 6.48 Å². The van der Waals surface area contributed by atoms with Crippen LogP contribution in [0.25, 0.3) is 43.5 Å². The van der Waals surface area contributed by atoms with Gasteiger partial charge in [-0.15, -0.1) is 11.3 Å². The predicted octanol–water partition coefficient (Wildman–Crippen LogP) is 16.9. The molecule has 14 rings (SSSR count). The van der Waals surface area contributed by atoms with E-state index in [0.29, 0.717) is 0 Å². The predicted molar refractivity (Wildman–Crippen MR) is 314 cm³/mol. The van der Waals surface area contributed by atoms with Crippen molar-refractivity contribution < 1.29 is 0 Å². The van der Waals surface area contributed by atoms with Crippen molar-refractivity contribution in [3.05, 3.63) is 233 Å². The van der Waals surface area contributed by atoms with Gasteiger partial charge in [0.15, 0.2) is 0 Å². The summed E-state index contributed by atoms with van der Waals surface area (Å²) < 4.78 is 2.71. The smallest absolute Gasteiger partial charge is 0.264 e. The van der Waals surface area contributed by atoms with Gasteiger partial charge in [-0.2, -0.15) is 0 Å². The van der Waals surface area contributed by atoms with Crippen LogP contribution in [0.2, 0.25) is 0 Å². The Morgan fingerprint density at radius 2 is 0.932 bits per heavy atom. The van der Waals surface area contributed by atoms with E-state index in [0.717, 1.165) is 0 Å². The highest BCUT2D eigenvalue weighted by Gasteiger charge is 2.53. The molecule has 0 saturated carbocycles. The molecule has 0 saturated heterocycles. The molecule has 9 aromatic carbocycles. The molecular weight excluding hydrogens is 900 g/mol. The summed E-state index contributed by atoms with van der Waals surface area (Å²) in [6.45, 7) is 21.3. The molecule has 0 radical (unpaired) electrons. The third kappa shape index (κ3) is 6.17. The Bertz CT molecular complexity index is 3860. The first kappa shape index (κ1) is 44.3. The molecule has 3 heterocycles. The van der Waals surface area contributed by atoms with Crippen LogP contribution in [0, 0.1) is 0 Å². The number of thiophene rings is 1. The molecule has 73 heavy (non-hydrogen) atoms. The average molecular weight is 959 g/mol. The molecule has 0 unspecified atom stereocenters. The second-order valence-electron chi connectivity index (χ2n) is 24.1. The van der Waals surface area contributed by atoms with Crippen molar-refractivity contribution in [2.45, 2.75) is 84.0 Å². The molecule has 0 bridgehead atoms. The zero-order valence-electron chi connectivity index (χ0n) is 43.4. The van der Waals surface area contributed by atoms with Crippen molar-refractivity contribution in [1.29, 1.82) is 0 Å². The van der Waals surface area contributed by atoms with Crippen molar-refractivity contribution in [3.63, 3.8) is 0 Å². The van der Waals surface area contributed by atoms with Crippen LogP contribution in [0.4, 0.5) is 34.1 Å². The van der Waals surface area contributed by atoms with Crippen LogP contribution in [-0.2, 0) is 21.7 Å². The summed E-state index contributed by atoms with van der Waals surface area (Å²) in [4.78, 5) is 5.24. The second-order valence-corrected chi connectivity index (χ2v) is 25.1. The largest absolute Gasteiger partial charge is 0.311 e. The van der Waals surface area contributed by atoms with Crippen LogP contribution in [0.1, 0.15) is 101 Å². The maximum absolute atomic E-state index is 2.64. The van der Waals surface area contributed by atoms with Gasteiger partial charge in [-0.05, 0) is 154 Å². The minimum absolute atomic E-state index is 0.0145. The quantitative estimate of drug-likeness (QED) is 0.163. The first-order valence-corrected chi connectivity index (χ1v) is 27.0. The van der Waals surface area contributed by atoms with Crippen LogP contribution in [0.15, 0.2) is 194 Å². The summed E-state index contributed by atoms with van der Waals surface area (Å²) in [6, 6.07) is 74.7. The number of anilines is 6. The number of benzene rings is 9. The first-order valence-electron chi connectivity index (χ1n) is 26.2. The van der Waals surface area contributed by atoms with Crippen molar-refractivity contribution in [2.75, 3.05) is 9.80 Å². The normalized spacial score (nSPS) is 14.7. The van der Waals surface area contributed by atoms with Crippen molar-refractivity contribution in [2.24, 2.45) is 0 Å². The van der Waals surface area contributed by atoms with E-state index in [1.165, 1.54) is 132 Å². The van der Waals surface area contributed by atoms with Gasteiger partial charge in [0.2, 0.25) is 0 Å². The number of rotatable bonds is 3. The Balaban J connectivity index is 1.11. The lowest BCUT2D eigenvalue weighted by molar-refractivity contribution is 0.572. The Kier molecular flexibility index (Phi) is 9.30. The van der Waals surface area contributed by atoms with Gasteiger partial charge >= 0.3 is 0 Å². The summed E-state index contributed by atoms with van der Waals surface area (Å²) in [6.07, 6.45) is 0. The maximum atomic E-state index is 2.64. The lowest BCUT2D eigenvalue weighted by Crippen LogP contribution is -2.60. The fraction of sp³-hybridized carbons (Fsp3) is 0.188. The molecule has 2 nitrogen and oxygen atoms in total. The Morgan fingerprint density at radius 3 is 1.48 bits per heavy atom. The number of para-hydroxylation sites is 2. The Morgan fingerprint density at radius 1 is 0.425 bits per heavy atom. The zero-order chi connectivity index (χ0) is 49.9. The lowest BCUT2D eigenvalue weighted by atomic mass is 9.36. The molecule has 4 aliphatic rings. The van der Waals surface area contributed by atoms with Gasteiger partial charge < -0.3 is 9.80 Å². The summed E-state index contributed by atoms with van der Waals surface area (Å²) >= 11 is 2.01. The molecule has 10 aromatic rings. The molecule has 0 amide bonds. The number of nitrogens with zero attached hydrogens (tertiary/aromatic N) is 2. The second kappa shape index (κ2) is 15.3. The standard InChI is InChI=1S/C69H59BN2S/c1-66(2,3)43-38-59-63-60(39-43)72(45-25-14-11-15-26-45)64-50-40-49-48-29-18-21-32-53(48)69(51-30-19-16-27-46(51)47-28-17-20-31-52(47)69)56(49)41-61(50)73-65(64)70(63)57-36-35-42(37-58(57)71(59)44-23-12-10-13-24-44)62-54(67(4,5)6)33-22-34-55(62)68(7,8)9/h10-41H,1-9H3. The Hall–Kier alpha value is -7.40. The monoisotopic (exact) mass is 958 g/mol. The van der Waals surface area contributed by atoms with Gasteiger partial charge in [-0.1, -0.05) is 202 Å². The average Bonchev–Trinajstić information content (AvgIpc) is 4.03. The molecule has 0 N–H and O–H groups in total. The molecule has 4 heteroatoms. The lowest BCUT2D eigenvalue weighted by Gasteiger charge is -2.44. The van der Waals surface area contributed by atoms with E-state index >= 15 is 0 Å². The van der Waals surface area contributed by atoms with Crippen LogP contribution in [0.3, 0.4) is 0 Å². The van der Waals surface area contributed by atoms with Crippen LogP contribution in [0.5, 0.6) is 0 Å². The van der Waals surface area contributed by atoms with E-state index < -0.39 is 5.41 Å².